The van der Waals surface area contributed by atoms with Crippen LogP contribution < -0.4 is 0 Å². The van der Waals surface area contributed by atoms with Crippen LogP contribution in [-0.2, 0) is 0 Å². The average Bonchev–Trinajstić information content (AvgIpc) is 2.69. The third-order valence-electron chi connectivity index (χ3n) is 3.69. The molecule has 1 fully saturated rings. The maximum atomic E-state index is 12.4. The standard InChI is InChI=1S/C14H18ClNO2/c1-9-3-4-11(13(17)7-9)14(18)16-6-5-10(2)12(16)8-15/h3-4,7,10,12,17H,5-6,8H2,1-2H3. The van der Waals surface area contributed by atoms with E-state index >= 15 is 0 Å². The maximum Gasteiger partial charge on any atom is 0.257 e. The van der Waals surface area contributed by atoms with E-state index in [-0.39, 0.29) is 17.7 Å². The molecule has 1 aliphatic rings. The number of hydrogen-bond acceptors (Lipinski definition) is 2. The van der Waals surface area contributed by atoms with Gasteiger partial charge in [0.15, 0.2) is 0 Å². The van der Waals surface area contributed by atoms with Gasteiger partial charge in [0.25, 0.3) is 5.91 Å². The molecule has 2 unspecified atom stereocenters. The van der Waals surface area contributed by atoms with Gasteiger partial charge in [-0.15, -0.1) is 11.6 Å². The molecule has 0 aromatic heterocycles. The minimum Gasteiger partial charge on any atom is -0.507 e. The van der Waals surface area contributed by atoms with Crippen molar-refractivity contribution >= 4 is 17.5 Å². The first-order valence-corrected chi connectivity index (χ1v) is 6.74. The number of alkyl halides is 1. The largest absolute Gasteiger partial charge is 0.507 e. The molecule has 1 saturated heterocycles. The van der Waals surface area contributed by atoms with Crippen molar-refractivity contribution in [3.05, 3.63) is 29.3 Å². The van der Waals surface area contributed by atoms with Crippen LogP contribution >= 0.6 is 11.6 Å². The average molecular weight is 268 g/mol. The molecule has 4 heteroatoms. The molecule has 3 nitrogen and oxygen atoms in total. The summed E-state index contributed by atoms with van der Waals surface area (Å²) in [4.78, 5) is 14.2. The van der Waals surface area contributed by atoms with E-state index in [0.29, 0.717) is 23.9 Å². The van der Waals surface area contributed by atoms with Crippen molar-refractivity contribution in [3.8, 4) is 5.75 Å². The highest BCUT2D eigenvalue weighted by molar-refractivity contribution is 6.18. The summed E-state index contributed by atoms with van der Waals surface area (Å²) >= 11 is 5.94. The lowest BCUT2D eigenvalue weighted by Gasteiger charge is -2.25. The van der Waals surface area contributed by atoms with Gasteiger partial charge in [0.1, 0.15) is 5.75 Å². The van der Waals surface area contributed by atoms with E-state index in [4.69, 9.17) is 11.6 Å². The van der Waals surface area contributed by atoms with Gasteiger partial charge in [0.05, 0.1) is 5.56 Å². The van der Waals surface area contributed by atoms with E-state index < -0.39 is 0 Å². The minimum absolute atomic E-state index is 0.0490. The number of halogens is 1. The summed E-state index contributed by atoms with van der Waals surface area (Å²) in [5, 5.41) is 9.87. The quantitative estimate of drug-likeness (QED) is 0.837. The zero-order valence-electron chi connectivity index (χ0n) is 10.7. The molecule has 2 atom stereocenters. The summed E-state index contributed by atoms with van der Waals surface area (Å²) in [6.07, 6.45) is 0.968. The highest BCUT2D eigenvalue weighted by atomic mass is 35.5. The van der Waals surface area contributed by atoms with Gasteiger partial charge >= 0.3 is 0 Å². The fraction of sp³-hybridized carbons (Fsp3) is 0.500. The molecule has 0 spiro atoms. The Balaban J connectivity index is 2.26. The summed E-state index contributed by atoms with van der Waals surface area (Å²) in [6.45, 7) is 4.70. The minimum atomic E-state index is -0.123. The molecule has 0 saturated carbocycles. The lowest BCUT2D eigenvalue weighted by atomic mass is 10.0. The van der Waals surface area contributed by atoms with Gasteiger partial charge in [0, 0.05) is 18.5 Å². The first-order valence-electron chi connectivity index (χ1n) is 6.21. The summed E-state index contributed by atoms with van der Waals surface area (Å²) < 4.78 is 0. The Hall–Kier alpha value is -1.22. The number of amides is 1. The van der Waals surface area contributed by atoms with Crippen LogP contribution in [0.25, 0.3) is 0 Å². The van der Waals surface area contributed by atoms with Crippen molar-refractivity contribution in [3.63, 3.8) is 0 Å². The summed E-state index contributed by atoms with van der Waals surface area (Å²) in [6, 6.07) is 5.20. The highest BCUT2D eigenvalue weighted by Crippen LogP contribution is 2.29. The summed E-state index contributed by atoms with van der Waals surface area (Å²) in [5.41, 5.74) is 1.30. The molecule has 1 aromatic carbocycles. The molecule has 0 aliphatic carbocycles. The second kappa shape index (κ2) is 5.19. The highest BCUT2D eigenvalue weighted by Gasteiger charge is 2.34. The molecule has 2 rings (SSSR count). The molecule has 1 heterocycles. The molecule has 18 heavy (non-hydrogen) atoms. The van der Waals surface area contributed by atoms with Gasteiger partial charge in [-0.1, -0.05) is 13.0 Å². The van der Waals surface area contributed by atoms with Gasteiger partial charge < -0.3 is 10.0 Å². The molecule has 1 aliphatic heterocycles. The van der Waals surface area contributed by atoms with Crippen LogP contribution in [0.4, 0.5) is 0 Å². The van der Waals surface area contributed by atoms with E-state index in [1.807, 2.05) is 13.0 Å². The van der Waals surface area contributed by atoms with E-state index in [2.05, 4.69) is 6.92 Å². The number of carbonyl (C=O) groups is 1. The first-order chi connectivity index (χ1) is 8.54. The lowest BCUT2D eigenvalue weighted by molar-refractivity contribution is 0.0734. The van der Waals surface area contributed by atoms with Crippen LogP contribution in [0, 0.1) is 12.8 Å². The van der Waals surface area contributed by atoms with Crippen molar-refractivity contribution in [2.24, 2.45) is 5.92 Å². The van der Waals surface area contributed by atoms with Crippen molar-refractivity contribution in [2.75, 3.05) is 12.4 Å². The Morgan fingerprint density at radius 1 is 1.56 bits per heavy atom. The van der Waals surface area contributed by atoms with E-state index in [1.54, 1.807) is 17.0 Å². The van der Waals surface area contributed by atoms with E-state index in [1.165, 1.54) is 0 Å². The molecular weight excluding hydrogens is 250 g/mol. The Bertz CT molecular complexity index is 461. The maximum absolute atomic E-state index is 12.4. The Kier molecular flexibility index (Phi) is 3.81. The van der Waals surface area contributed by atoms with Gasteiger partial charge in [-0.2, -0.15) is 0 Å². The zero-order valence-corrected chi connectivity index (χ0v) is 11.4. The topological polar surface area (TPSA) is 40.5 Å². The van der Waals surface area contributed by atoms with Gasteiger partial charge in [0.2, 0.25) is 0 Å². The Labute approximate surface area is 112 Å². The normalized spacial score (nSPS) is 23.4. The van der Waals surface area contributed by atoms with Crippen LogP contribution in [0.2, 0.25) is 0 Å². The Morgan fingerprint density at radius 2 is 2.28 bits per heavy atom. The van der Waals surface area contributed by atoms with Crippen LogP contribution in [0.15, 0.2) is 18.2 Å². The third kappa shape index (κ3) is 2.32. The molecule has 0 bridgehead atoms. The smallest absolute Gasteiger partial charge is 0.257 e. The number of phenolic OH excluding ortho intramolecular Hbond substituents is 1. The van der Waals surface area contributed by atoms with Gasteiger partial charge in [-0.05, 0) is 37.0 Å². The zero-order chi connectivity index (χ0) is 13.3. The predicted molar refractivity (Wildman–Crippen MR) is 72.2 cm³/mol. The van der Waals surface area contributed by atoms with Crippen LogP contribution in [-0.4, -0.2) is 34.4 Å². The summed E-state index contributed by atoms with van der Waals surface area (Å²) in [5.74, 6) is 0.786. The molecule has 1 aromatic rings. The van der Waals surface area contributed by atoms with Gasteiger partial charge in [-0.3, -0.25) is 4.79 Å². The first kappa shape index (κ1) is 13.2. The molecule has 98 valence electrons. The number of nitrogens with zero attached hydrogens (tertiary/aromatic N) is 1. The number of aryl methyl sites for hydroxylation is 1. The van der Waals surface area contributed by atoms with Crippen molar-refractivity contribution in [1.82, 2.24) is 4.90 Å². The Morgan fingerprint density at radius 3 is 2.89 bits per heavy atom. The van der Waals surface area contributed by atoms with E-state index in [0.717, 1.165) is 12.0 Å². The van der Waals surface area contributed by atoms with Gasteiger partial charge in [-0.25, -0.2) is 0 Å². The third-order valence-corrected chi connectivity index (χ3v) is 4.00. The second-order valence-corrected chi connectivity index (χ2v) is 5.32. The second-order valence-electron chi connectivity index (χ2n) is 5.01. The molecule has 0 radical (unpaired) electrons. The SMILES string of the molecule is Cc1ccc(C(=O)N2CCC(C)C2CCl)c(O)c1. The molecular formula is C14H18ClNO2. The number of hydrogen-bond donors (Lipinski definition) is 1. The van der Waals surface area contributed by atoms with Crippen LogP contribution in [0.5, 0.6) is 5.75 Å². The summed E-state index contributed by atoms with van der Waals surface area (Å²) in [7, 11) is 0. The number of carbonyl (C=O) groups excluding carboxylic acids is 1. The van der Waals surface area contributed by atoms with Crippen molar-refractivity contribution < 1.29 is 9.90 Å². The number of aromatic hydroxyl groups is 1. The monoisotopic (exact) mass is 267 g/mol. The number of likely N-dealkylation sites (tertiary alicyclic amines) is 1. The van der Waals surface area contributed by atoms with Crippen LogP contribution in [0.3, 0.4) is 0 Å². The molecule has 1 N–H and O–H groups in total. The van der Waals surface area contributed by atoms with Crippen molar-refractivity contribution in [1.29, 1.82) is 0 Å². The fourth-order valence-electron chi connectivity index (χ4n) is 2.47. The fourth-order valence-corrected chi connectivity index (χ4v) is 2.94. The van der Waals surface area contributed by atoms with Crippen LogP contribution in [0.1, 0.15) is 29.3 Å². The lowest BCUT2D eigenvalue weighted by Crippen LogP contribution is -2.38. The predicted octanol–water partition coefficient (Wildman–Crippen LogP) is 2.79. The molecule has 1 amide bonds. The van der Waals surface area contributed by atoms with E-state index in [9.17, 15) is 9.90 Å². The van der Waals surface area contributed by atoms with Crippen molar-refractivity contribution in [2.45, 2.75) is 26.3 Å². The number of phenols is 1. The number of benzene rings is 1. The number of rotatable bonds is 2.